The minimum Gasteiger partial charge on any atom is -0.497 e. The van der Waals surface area contributed by atoms with Crippen LogP contribution in [0.25, 0.3) is 0 Å². The number of hydrogen-bond acceptors (Lipinski definition) is 3. The molecule has 30 heavy (non-hydrogen) atoms. The van der Waals surface area contributed by atoms with E-state index in [9.17, 15) is 9.59 Å². The lowest BCUT2D eigenvalue weighted by Crippen LogP contribution is -2.49. The molecule has 0 aromatic heterocycles. The summed E-state index contributed by atoms with van der Waals surface area (Å²) in [6.45, 7) is 7.12. The van der Waals surface area contributed by atoms with Crippen LogP contribution in [0, 0.1) is 6.92 Å². The first-order chi connectivity index (χ1) is 14.5. The van der Waals surface area contributed by atoms with Crippen LogP contribution in [0.3, 0.4) is 0 Å². The van der Waals surface area contributed by atoms with Gasteiger partial charge in [-0.15, -0.1) is 0 Å². The van der Waals surface area contributed by atoms with E-state index in [0.29, 0.717) is 19.5 Å². The Morgan fingerprint density at radius 3 is 2.40 bits per heavy atom. The summed E-state index contributed by atoms with van der Waals surface area (Å²) in [4.78, 5) is 27.9. The molecule has 5 nitrogen and oxygen atoms in total. The number of benzene rings is 2. The maximum Gasteiger partial charge on any atom is 0.242 e. The maximum atomic E-state index is 13.3. The highest BCUT2D eigenvalue weighted by Crippen LogP contribution is 2.17. The van der Waals surface area contributed by atoms with Crippen molar-refractivity contribution in [3.05, 3.63) is 65.2 Å². The SMILES string of the molecule is CCCCNC(=O)[C@H](CC)N(Cc1cccc(C)c1)C(=O)Cc1ccc(OC)cc1. The fourth-order valence-corrected chi connectivity index (χ4v) is 3.45. The van der Waals surface area contributed by atoms with Crippen molar-refractivity contribution in [2.24, 2.45) is 0 Å². The Morgan fingerprint density at radius 2 is 1.80 bits per heavy atom. The third kappa shape index (κ3) is 6.90. The monoisotopic (exact) mass is 410 g/mol. The zero-order chi connectivity index (χ0) is 21.9. The first kappa shape index (κ1) is 23.5. The largest absolute Gasteiger partial charge is 0.497 e. The summed E-state index contributed by atoms with van der Waals surface area (Å²) in [6, 6.07) is 15.1. The molecular weight excluding hydrogens is 376 g/mol. The highest BCUT2D eigenvalue weighted by molar-refractivity contribution is 5.88. The van der Waals surface area contributed by atoms with Gasteiger partial charge in [0.25, 0.3) is 0 Å². The molecule has 0 aliphatic heterocycles. The molecule has 0 spiro atoms. The first-order valence-corrected chi connectivity index (χ1v) is 10.7. The van der Waals surface area contributed by atoms with Gasteiger partial charge in [0.2, 0.25) is 11.8 Å². The molecule has 2 aromatic rings. The van der Waals surface area contributed by atoms with Crippen molar-refractivity contribution in [3.8, 4) is 5.75 Å². The van der Waals surface area contributed by atoms with Gasteiger partial charge >= 0.3 is 0 Å². The van der Waals surface area contributed by atoms with E-state index in [0.717, 1.165) is 35.3 Å². The van der Waals surface area contributed by atoms with Crippen molar-refractivity contribution in [2.75, 3.05) is 13.7 Å². The fourth-order valence-electron chi connectivity index (χ4n) is 3.45. The summed E-state index contributed by atoms with van der Waals surface area (Å²) < 4.78 is 5.20. The van der Waals surface area contributed by atoms with E-state index in [1.165, 1.54) is 0 Å². The molecule has 0 unspecified atom stereocenters. The summed E-state index contributed by atoms with van der Waals surface area (Å²) in [5.41, 5.74) is 3.06. The van der Waals surface area contributed by atoms with Crippen LogP contribution >= 0.6 is 0 Å². The molecule has 0 heterocycles. The molecular formula is C25H34N2O3. The predicted octanol–water partition coefficient (Wildman–Crippen LogP) is 4.27. The lowest BCUT2D eigenvalue weighted by Gasteiger charge is -2.31. The Morgan fingerprint density at radius 1 is 1.07 bits per heavy atom. The number of carbonyl (C=O) groups excluding carboxylic acids is 2. The van der Waals surface area contributed by atoms with Crippen LogP contribution in [-0.2, 0) is 22.6 Å². The lowest BCUT2D eigenvalue weighted by molar-refractivity contribution is -0.140. The second-order valence-electron chi connectivity index (χ2n) is 7.60. The number of methoxy groups -OCH3 is 1. The summed E-state index contributed by atoms with van der Waals surface area (Å²) in [7, 11) is 1.62. The smallest absolute Gasteiger partial charge is 0.242 e. The quantitative estimate of drug-likeness (QED) is 0.563. The Kier molecular flexibility index (Phi) is 9.39. The molecule has 0 saturated heterocycles. The standard InChI is InChI=1S/C25H34N2O3/c1-5-7-15-26-25(29)23(6-2)27(18-21-10-8-9-19(3)16-21)24(28)17-20-11-13-22(30-4)14-12-20/h8-14,16,23H,5-7,15,17-18H2,1-4H3,(H,26,29)/t23-/m0/s1. The Labute approximate surface area is 180 Å². The molecule has 0 radical (unpaired) electrons. The van der Waals surface area contributed by atoms with Crippen LogP contribution in [0.4, 0.5) is 0 Å². The average molecular weight is 411 g/mol. The Balaban J connectivity index is 2.23. The minimum absolute atomic E-state index is 0.0563. The Hall–Kier alpha value is -2.82. The molecule has 0 saturated carbocycles. The lowest BCUT2D eigenvalue weighted by atomic mass is 10.1. The van der Waals surface area contributed by atoms with Gasteiger partial charge in [-0.2, -0.15) is 0 Å². The van der Waals surface area contributed by atoms with Gasteiger partial charge in [-0.05, 0) is 43.0 Å². The molecule has 5 heteroatoms. The number of carbonyl (C=O) groups is 2. The van der Waals surface area contributed by atoms with Crippen LogP contribution in [0.15, 0.2) is 48.5 Å². The fraction of sp³-hybridized carbons (Fsp3) is 0.440. The van der Waals surface area contributed by atoms with Crippen molar-refractivity contribution >= 4 is 11.8 Å². The summed E-state index contributed by atoms with van der Waals surface area (Å²) >= 11 is 0. The van der Waals surface area contributed by atoms with Crippen molar-refractivity contribution < 1.29 is 14.3 Å². The highest BCUT2D eigenvalue weighted by Gasteiger charge is 2.28. The molecule has 2 aromatic carbocycles. The van der Waals surface area contributed by atoms with Crippen molar-refractivity contribution in [2.45, 2.75) is 59.0 Å². The number of amides is 2. The molecule has 1 atom stereocenters. The van der Waals surface area contributed by atoms with Crippen LogP contribution in [-0.4, -0.2) is 36.4 Å². The van der Waals surface area contributed by atoms with Gasteiger partial charge in [0, 0.05) is 13.1 Å². The third-order valence-electron chi connectivity index (χ3n) is 5.17. The number of ether oxygens (including phenoxy) is 1. The first-order valence-electron chi connectivity index (χ1n) is 10.7. The van der Waals surface area contributed by atoms with Gasteiger partial charge in [-0.1, -0.05) is 62.2 Å². The van der Waals surface area contributed by atoms with Crippen LogP contribution in [0.2, 0.25) is 0 Å². The van der Waals surface area contributed by atoms with E-state index < -0.39 is 6.04 Å². The van der Waals surface area contributed by atoms with Crippen LogP contribution in [0.5, 0.6) is 5.75 Å². The zero-order valence-electron chi connectivity index (χ0n) is 18.6. The van der Waals surface area contributed by atoms with Crippen molar-refractivity contribution in [1.29, 1.82) is 0 Å². The third-order valence-corrected chi connectivity index (χ3v) is 5.17. The van der Waals surface area contributed by atoms with Gasteiger partial charge < -0.3 is 15.0 Å². The number of aryl methyl sites for hydroxylation is 1. The number of nitrogens with zero attached hydrogens (tertiary/aromatic N) is 1. The minimum atomic E-state index is -0.492. The van der Waals surface area contributed by atoms with E-state index >= 15 is 0 Å². The number of rotatable bonds is 11. The summed E-state index contributed by atoms with van der Waals surface area (Å²) in [6.07, 6.45) is 2.76. The van der Waals surface area contributed by atoms with E-state index in [1.54, 1.807) is 12.0 Å². The van der Waals surface area contributed by atoms with Gasteiger partial charge in [0.05, 0.1) is 13.5 Å². The van der Waals surface area contributed by atoms with Gasteiger partial charge in [-0.25, -0.2) is 0 Å². The molecule has 0 aliphatic carbocycles. The zero-order valence-corrected chi connectivity index (χ0v) is 18.6. The average Bonchev–Trinajstić information content (AvgIpc) is 2.74. The second kappa shape index (κ2) is 12.0. The highest BCUT2D eigenvalue weighted by atomic mass is 16.5. The molecule has 2 rings (SSSR count). The molecule has 0 fully saturated rings. The normalized spacial score (nSPS) is 11.6. The summed E-state index contributed by atoms with van der Waals surface area (Å²) in [5.74, 6) is 0.616. The molecule has 0 aliphatic rings. The second-order valence-corrected chi connectivity index (χ2v) is 7.60. The molecule has 0 bridgehead atoms. The van der Waals surface area contributed by atoms with E-state index in [2.05, 4.69) is 18.3 Å². The molecule has 162 valence electrons. The van der Waals surface area contributed by atoms with Crippen molar-refractivity contribution in [3.63, 3.8) is 0 Å². The van der Waals surface area contributed by atoms with E-state index in [4.69, 9.17) is 4.74 Å². The van der Waals surface area contributed by atoms with Gasteiger partial charge in [-0.3, -0.25) is 9.59 Å². The maximum absolute atomic E-state index is 13.3. The van der Waals surface area contributed by atoms with E-state index in [1.807, 2.05) is 56.3 Å². The predicted molar refractivity (Wildman–Crippen MR) is 120 cm³/mol. The number of nitrogens with one attached hydrogen (secondary N) is 1. The van der Waals surface area contributed by atoms with Gasteiger partial charge in [0.15, 0.2) is 0 Å². The number of unbranched alkanes of at least 4 members (excludes halogenated alkanes) is 1. The number of hydrogen-bond donors (Lipinski definition) is 1. The topological polar surface area (TPSA) is 58.6 Å². The van der Waals surface area contributed by atoms with Crippen LogP contribution < -0.4 is 10.1 Å². The Bertz CT molecular complexity index is 817. The van der Waals surface area contributed by atoms with Crippen molar-refractivity contribution in [1.82, 2.24) is 10.2 Å². The van der Waals surface area contributed by atoms with Gasteiger partial charge in [0.1, 0.15) is 11.8 Å². The summed E-state index contributed by atoms with van der Waals surface area (Å²) in [5, 5.41) is 3.00. The molecule has 2 amide bonds. The van der Waals surface area contributed by atoms with E-state index in [-0.39, 0.29) is 18.2 Å². The van der Waals surface area contributed by atoms with Crippen LogP contribution in [0.1, 0.15) is 49.8 Å². The molecule has 1 N–H and O–H groups in total.